The molecule has 0 saturated carbocycles. The minimum atomic E-state index is 0.0129. The number of nitrogens with zero attached hydrogens (tertiary/aromatic N) is 2. The van der Waals surface area contributed by atoms with Crippen LogP contribution in [0.3, 0.4) is 0 Å². The molecule has 128 valence electrons. The Kier molecular flexibility index (Phi) is 4.85. The molecule has 0 aliphatic carbocycles. The van der Waals surface area contributed by atoms with Crippen molar-refractivity contribution in [2.45, 2.75) is 26.0 Å². The van der Waals surface area contributed by atoms with Crippen molar-refractivity contribution in [2.24, 2.45) is 13.0 Å². The topological polar surface area (TPSA) is 56.2 Å². The number of amides is 1. The quantitative estimate of drug-likeness (QED) is 0.921. The first-order valence-corrected chi connectivity index (χ1v) is 9.18. The van der Waals surface area contributed by atoms with Crippen LogP contribution in [-0.4, -0.2) is 28.0 Å². The third-order valence-corrected chi connectivity index (χ3v) is 5.18. The zero-order valence-corrected chi connectivity index (χ0v) is 15.3. The van der Waals surface area contributed by atoms with Crippen molar-refractivity contribution in [1.82, 2.24) is 9.78 Å². The number of aromatic nitrogens is 2. The van der Waals surface area contributed by atoms with Gasteiger partial charge in [-0.2, -0.15) is 5.10 Å². The lowest BCUT2D eigenvalue weighted by molar-refractivity contribution is -0.113. The third-order valence-electron chi connectivity index (χ3n) is 3.91. The molecule has 1 N–H and O–H groups in total. The van der Waals surface area contributed by atoms with E-state index in [9.17, 15) is 4.79 Å². The molecule has 1 atom stereocenters. The standard InChI is InChI=1S/C18H23N3O2S/c1-11(2)9-23-14-7-5-6-13(8-14)17-16-12(3)20-21(4)18(16)19-15(22)10-24-17/h5-8,11,17H,9-10H2,1-4H3,(H,19,22). The monoisotopic (exact) mass is 345 g/mol. The van der Waals surface area contributed by atoms with Crippen molar-refractivity contribution in [3.05, 3.63) is 41.1 Å². The van der Waals surface area contributed by atoms with E-state index < -0.39 is 0 Å². The molecule has 1 aliphatic heterocycles. The van der Waals surface area contributed by atoms with Gasteiger partial charge in [0.05, 0.1) is 23.3 Å². The molecule has 0 fully saturated rings. The van der Waals surface area contributed by atoms with E-state index in [-0.39, 0.29) is 11.2 Å². The maximum atomic E-state index is 12.0. The molecule has 0 bridgehead atoms. The summed E-state index contributed by atoms with van der Waals surface area (Å²) in [4.78, 5) is 12.0. The number of anilines is 1. The fourth-order valence-corrected chi connectivity index (χ4v) is 4.02. The maximum absolute atomic E-state index is 12.0. The molecule has 2 aromatic rings. The minimum Gasteiger partial charge on any atom is -0.493 e. The number of benzene rings is 1. The number of rotatable bonds is 4. The van der Waals surface area contributed by atoms with Crippen molar-refractivity contribution in [3.63, 3.8) is 0 Å². The predicted molar refractivity (Wildman–Crippen MR) is 97.7 cm³/mol. The summed E-state index contributed by atoms with van der Waals surface area (Å²) in [5, 5.41) is 7.52. The van der Waals surface area contributed by atoms with Gasteiger partial charge < -0.3 is 10.1 Å². The van der Waals surface area contributed by atoms with Crippen molar-refractivity contribution < 1.29 is 9.53 Å². The molecule has 2 heterocycles. The van der Waals surface area contributed by atoms with Gasteiger partial charge in [-0.25, -0.2) is 0 Å². The summed E-state index contributed by atoms with van der Waals surface area (Å²) < 4.78 is 7.61. The first kappa shape index (κ1) is 16.9. The fourth-order valence-electron chi connectivity index (χ4n) is 2.84. The number of hydrogen-bond acceptors (Lipinski definition) is 4. The number of carbonyl (C=O) groups is 1. The highest BCUT2D eigenvalue weighted by molar-refractivity contribution is 8.00. The average molecular weight is 345 g/mol. The normalized spacial score (nSPS) is 17.4. The van der Waals surface area contributed by atoms with Crippen LogP contribution in [0.25, 0.3) is 0 Å². The number of thioether (sulfide) groups is 1. The number of nitrogens with one attached hydrogen (secondary N) is 1. The highest BCUT2D eigenvalue weighted by atomic mass is 32.2. The van der Waals surface area contributed by atoms with Crippen LogP contribution in [0.2, 0.25) is 0 Å². The summed E-state index contributed by atoms with van der Waals surface area (Å²) in [5.74, 6) is 2.58. The summed E-state index contributed by atoms with van der Waals surface area (Å²) in [6.45, 7) is 6.95. The Morgan fingerprint density at radius 1 is 1.46 bits per heavy atom. The van der Waals surface area contributed by atoms with Gasteiger partial charge in [-0.1, -0.05) is 26.0 Å². The smallest absolute Gasteiger partial charge is 0.235 e. The van der Waals surface area contributed by atoms with E-state index >= 15 is 0 Å². The number of carbonyl (C=O) groups excluding carboxylic acids is 1. The molecule has 1 aromatic heterocycles. The summed E-state index contributed by atoms with van der Waals surface area (Å²) in [7, 11) is 1.86. The third kappa shape index (κ3) is 3.43. The summed E-state index contributed by atoms with van der Waals surface area (Å²) in [5.41, 5.74) is 3.16. The van der Waals surface area contributed by atoms with Gasteiger partial charge in [0.15, 0.2) is 0 Å². The van der Waals surface area contributed by atoms with E-state index in [1.54, 1.807) is 16.4 Å². The van der Waals surface area contributed by atoms with E-state index in [2.05, 4.69) is 36.4 Å². The molecular formula is C18H23N3O2S. The van der Waals surface area contributed by atoms with Crippen LogP contribution in [0.15, 0.2) is 24.3 Å². The minimum absolute atomic E-state index is 0.0129. The first-order chi connectivity index (χ1) is 11.5. The average Bonchev–Trinajstić information content (AvgIpc) is 2.72. The van der Waals surface area contributed by atoms with Crippen molar-refractivity contribution in [3.8, 4) is 5.75 Å². The SMILES string of the molecule is Cc1nn(C)c2c1C(c1cccc(OCC(C)C)c1)SCC(=O)N2. The highest BCUT2D eigenvalue weighted by Gasteiger charge is 2.29. The number of aryl methyl sites for hydroxylation is 2. The molecule has 1 unspecified atom stereocenters. The van der Waals surface area contributed by atoms with Crippen LogP contribution in [0.4, 0.5) is 5.82 Å². The Morgan fingerprint density at radius 2 is 2.25 bits per heavy atom. The van der Waals surface area contributed by atoms with Gasteiger partial charge in [-0.3, -0.25) is 9.48 Å². The molecule has 0 saturated heterocycles. The maximum Gasteiger partial charge on any atom is 0.235 e. The van der Waals surface area contributed by atoms with Crippen molar-refractivity contribution >= 4 is 23.5 Å². The highest BCUT2D eigenvalue weighted by Crippen LogP contribution is 2.43. The molecule has 1 aromatic carbocycles. The second kappa shape index (κ2) is 6.89. The molecule has 0 spiro atoms. The summed E-state index contributed by atoms with van der Waals surface area (Å²) >= 11 is 1.63. The summed E-state index contributed by atoms with van der Waals surface area (Å²) in [6.07, 6.45) is 0. The zero-order valence-electron chi connectivity index (χ0n) is 14.5. The lowest BCUT2D eigenvalue weighted by atomic mass is 10.0. The molecule has 1 amide bonds. The van der Waals surface area contributed by atoms with Gasteiger partial charge in [-0.05, 0) is 30.5 Å². The zero-order chi connectivity index (χ0) is 17.3. The Hall–Kier alpha value is -1.95. The van der Waals surface area contributed by atoms with Gasteiger partial charge in [0, 0.05) is 12.6 Å². The number of hydrogen-bond donors (Lipinski definition) is 1. The molecule has 0 radical (unpaired) electrons. The number of ether oxygens (including phenoxy) is 1. The van der Waals surface area contributed by atoms with Crippen LogP contribution >= 0.6 is 11.8 Å². The van der Waals surface area contributed by atoms with Gasteiger partial charge in [0.2, 0.25) is 5.91 Å². The van der Waals surface area contributed by atoms with Crippen LogP contribution in [0, 0.1) is 12.8 Å². The van der Waals surface area contributed by atoms with Crippen molar-refractivity contribution in [2.75, 3.05) is 17.7 Å². The largest absolute Gasteiger partial charge is 0.493 e. The van der Waals surface area contributed by atoms with Gasteiger partial charge in [0.25, 0.3) is 0 Å². The van der Waals surface area contributed by atoms with E-state index in [1.165, 1.54) is 0 Å². The Morgan fingerprint density at radius 3 is 3.00 bits per heavy atom. The van der Waals surface area contributed by atoms with Crippen molar-refractivity contribution in [1.29, 1.82) is 0 Å². The van der Waals surface area contributed by atoms with E-state index in [4.69, 9.17) is 4.74 Å². The fraction of sp³-hybridized carbons (Fsp3) is 0.444. The second-order valence-corrected chi connectivity index (χ2v) is 7.58. The first-order valence-electron chi connectivity index (χ1n) is 8.13. The molecular weight excluding hydrogens is 322 g/mol. The Labute approximate surface area is 146 Å². The van der Waals surface area contributed by atoms with E-state index in [1.807, 2.05) is 26.1 Å². The molecule has 24 heavy (non-hydrogen) atoms. The number of fused-ring (bicyclic) bond motifs is 1. The summed E-state index contributed by atoms with van der Waals surface area (Å²) in [6, 6.07) is 8.16. The van der Waals surface area contributed by atoms with Crippen LogP contribution < -0.4 is 10.1 Å². The van der Waals surface area contributed by atoms with Gasteiger partial charge >= 0.3 is 0 Å². The van der Waals surface area contributed by atoms with Crippen LogP contribution in [-0.2, 0) is 11.8 Å². The molecule has 1 aliphatic rings. The van der Waals surface area contributed by atoms with Crippen LogP contribution in [0.5, 0.6) is 5.75 Å². The van der Waals surface area contributed by atoms with Crippen LogP contribution in [0.1, 0.15) is 35.9 Å². The van der Waals surface area contributed by atoms with Gasteiger partial charge in [0.1, 0.15) is 11.6 Å². The van der Waals surface area contributed by atoms with Gasteiger partial charge in [-0.15, -0.1) is 11.8 Å². The molecule has 3 rings (SSSR count). The Balaban J connectivity index is 1.97. The predicted octanol–water partition coefficient (Wildman–Crippen LogP) is 3.54. The van der Waals surface area contributed by atoms with E-state index in [0.717, 1.165) is 28.4 Å². The molecule has 6 heteroatoms. The second-order valence-electron chi connectivity index (χ2n) is 6.49. The Bertz CT molecular complexity index is 755. The molecule has 5 nitrogen and oxygen atoms in total. The lowest BCUT2D eigenvalue weighted by Gasteiger charge is -2.17. The van der Waals surface area contributed by atoms with E-state index in [0.29, 0.717) is 18.3 Å². The lowest BCUT2D eigenvalue weighted by Crippen LogP contribution is -2.15.